The molecule has 2 heterocycles. The molecule has 0 aliphatic carbocycles. The van der Waals surface area contributed by atoms with E-state index in [0.717, 1.165) is 17.0 Å². The Hall–Kier alpha value is -2.93. The van der Waals surface area contributed by atoms with Crippen LogP contribution >= 0.6 is 11.3 Å². The molecule has 2 aromatic heterocycles. The summed E-state index contributed by atoms with van der Waals surface area (Å²) in [5.41, 5.74) is 3.60. The van der Waals surface area contributed by atoms with Crippen LogP contribution in [-0.2, 0) is 0 Å². The Morgan fingerprint density at radius 3 is 2.56 bits per heavy atom. The zero-order valence-electron chi connectivity index (χ0n) is 13.1. The van der Waals surface area contributed by atoms with Crippen LogP contribution in [0.2, 0.25) is 0 Å². The summed E-state index contributed by atoms with van der Waals surface area (Å²) in [5.74, 6) is -0.616. The average Bonchev–Trinajstić information content (AvgIpc) is 3.22. The molecule has 25 heavy (non-hydrogen) atoms. The first-order chi connectivity index (χ1) is 12.1. The van der Waals surface area contributed by atoms with Gasteiger partial charge >= 0.3 is 0 Å². The highest BCUT2D eigenvalue weighted by molar-refractivity contribution is 7.13. The van der Waals surface area contributed by atoms with E-state index in [4.69, 9.17) is 0 Å². The lowest BCUT2D eigenvalue weighted by Crippen LogP contribution is -1.99. The summed E-state index contributed by atoms with van der Waals surface area (Å²) in [4.78, 5) is 4.57. The third-order valence-corrected chi connectivity index (χ3v) is 4.64. The van der Waals surface area contributed by atoms with Gasteiger partial charge in [0.25, 0.3) is 0 Å². The van der Waals surface area contributed by atoms with E-state index >= 15 is 0 Å². The lowest BCUT2D eigenvalue weighted by molar-refractivity contribution is 0.624. The summed E-state index contributed by atoms with van der Waals surface area (Å²) in [6.07, 6.45) is 0. The Morgan fingerprint density at radius 2 is 1.80 bits per heavy atom. The van der Waals surface area contributed by atoms with Crippen LogP contribution in [0.5, 0.6) is 0 Å². The maximum absolute atomic E-state index is 13.4. The fourth-order valence-electron chi connectivity index (χ4n) is 2.52. The molecule has 0 N–H and O–H groups in total. The lowest BCUT2D eigenvalue weighted by Gasteiger charge is -2.02. The Bertz CT molecular complexity index is 1040. The number of benzene rings is 2. The second-order valence-electron chi connectivity index (χ2n) is 5.46. The second kappa shape index (κ2) is 6.18. The van der Waals surface area contributed by atoms with Crippen LogP contribution in [0.3, 0.4) is 0 Å². The van der Waals surface area contributed by atoms with Gasteiger partial charge in [-0.3, -0.25) is 0 Å². The van der Waals surface area contributed by atoms with E-state index in [-0.39, 0.29) is 11.6 Å². The van der Waals surface area contributed by atoms with Crippen molar-refractivity contribution in [2.24, 2.45) is 0 Å². The summed E-state index contributed by atoms with van der Waals surface area (Å²) in [5, 5.41) is 10.9. The number of aromatic nitrogens is 4. The van der Waals surface area contributed by atoms with Gasteiger partial charge < -0.3 is 0 Å². The summed E-state index contributed by atoms with van der Waals surface area (Å²) >= 11 is 1.43. The smallest absolute Gasteiger partial charge is 0.146 e. The first-order valence-corrected chi connectivity index (χ1v) is 8.40. The molecule has 0 saturated carbocycles. The Kier molecular flexibility index (Phi) is 3.85. The van der Waals surface area contributed by atoms with E-state index in [1.807, 2.05) is 12.3 Å². The first kappa shape index (κ1) is 15.6. The summed E-state index contributed by atoms with van der Waals surface area (Å²) in [7, 11) is 0. The monoisotopic (exact) mass is 354 g/mol. The highest BCUT2D eigenvalue weighted by Crippen LogP contribution is 2.30. The normalized spacial score (nSPS) is 11.0. The van der Waals surface area contributed by atoms with Crippen molar-refractivity contribution >= 4 is 11.3 Å². The molecule has 0 amide bonds. The van der Waals surface area contributed by atoms with Gasteiger partial charge in [-0.1, -0.05) is 11.3 Å². The molecule has 0 saturated heterocycles. The van der Waals surface area contributed by atoms with Gasteiger partial charge in [-0.25, -0.2) is 18.4 Å². The summed E-state index contributed by atoms with van der Waals surface area (Å²) < 4.78 is 28.1. The molecule has 0 atom stereocenters. The molecular formula is C18H12F2N4S. The summed E-state index contributed by atoms with van der Waals surface area (Å²) in [6.45, 7) is 1.86. The first-order valence-electron chi connectivity index (χ1n) is 7.52. The van der Waals surface area contributed by atoms with Gasteiger partial charge in [0, 0.05) is 10.9 Å². The van der Waals surface area contributed by atoms with Crippen LogP contribution in [0.1, 0.15) is 5.69 Å². The van der Waals surface area contributed by atoms with Crippen LogP contribution in [-0.4, -0.2) is 20.0 Å². The molecule has 0 aliphatic rings. The van der Waals surface area contributed by atoms with Gasteiger partial charge in [-0.15, -0.1) is 16.4 Å². The molecule has 4 rings (SSSR count). The largest absolute Gasteiger partial charge is 0.234 e. The molecule has 0 unspecified atom stereocenters. The van der Waals surface area contributed by atoms with E-state index in [0.29, 0.717) is 16.4 Å². The van der Waals surface area contributed by atoms with Gasteiger partial charge in [0.15, 0.2) is 0 Å². The molecule has 0 fully saturated rings. The van der Waals surface area contributed by atoms with Crippen LogP contribution in [0, 0.1) is 18.6 Å². The number of thiazole rings is 1. The minimum Gasteiger partial charge on any atom is -0.234 e. The number of hydrogen-bond donors (Lipinski definition) is 0. The zero-order valence-corrected chi connectivity index (χ0v) is 14.0. The van der Waals surface area contributed by atoms with Gasteiger partial charge in [0.1, 0.15) is 22.3 Å². The second-order valence-corrected chi connectivity index (χ2v) is 6.32. The van der Waals surface area contributed by atoms with Gasteiger partial charge in [0.2, 0.25) is 0 Å². The zero-order chi connectivity index (χ0) is 17.4. The van der Waals surface area contributed by atoms with Gasteiger partial charge in [-0.05, 0) is 49.4 Å². The topological polar surface area (TPSA) is 43.6 Å². The van der Waals surface area contributed by atoms with Crippen molar-refractivity contribution in [1.82, 2.24) is 20.0 Å². The summed E-state index contributed by atoms with van der Waals surface area (Å²) in [6, 6.07) is 12.3. The maximum Gasteiger partial charge on any atom is 0.146 e. The van der Waals surface area contributed by atoms with Crippen molar-refractivity contribution in [3.63, 3.8) is 0 Å². The molecule has 7 heteroatoms. The molecule has 0 bridgehead atoms. The number of halogens is 2. The third-order valence-electron chi connectivity index (χ3n) is 3.79. The molecular weight excluding hydrogens is 342 g/mol. The lowest BCUT2D eigenvalue weighted by atomic mass is 10.2. The highest BCUT2D eigenvalue weighted by Gasteiger charge is 2.16. The quantitative estimate of drug-likeness (QED) is 0.538. The number of hydrogen-bond acceptors (Lipinski definition) is 4. The predicted octanol–water partition coefficient (Wildman–Crippen LogP) is 4.64. The van der Waals surface area contributed by atoms with Crippen molar-refractivity contribution in [1.29, 1.82) is 0 Å². The number of rotatable bonds is 3. The predicted molar refractivity (Wildman–Crippen MR) is 92.6 cm³/mol. The van der Waals surface area contributed by atoms with E-state index in [2.05, 4.69) is 15.3 Å². The van der Waals surface area contributed by atoms with Crippen LogP contribution < -0.4 is 0 Å². The van der Waals surface area contributed by atoms with E-state index in [9.17, 15) is 8.78 Å². The standard InChI is InChI=1S/C18H12F2N4S/c1-11-17(22-23-24(11)15-4-2-3-14(20)9-15)18-21-16(10-25-18)12-5-7-13(19)8-6-12/h2-10H,1H3. The van der Waals surface area contributed by atoms with E-state index in [1.54, 1.807) is 28.9 Å². The molecule has 2 aromatic carbocycles. The average molecular weight is 354 g/mol. The van der Waals surface area contributed by atoms with Crippen molar-refractivity contribution in [2.45, 2.75) is 6.92 Å². The van der Waals surface area contributed by atoms with Crippen molar-refractivity contribution in [3.8, 4) is 27.6 Å². The minimum absolute atomic E-state index is 0.284. The molecule has 124 valence electrons. The molecule has 0 spiro atoms. The fourth-order valence-corrected chi connectivity index (χ4v) is 3.38. The Morgan fingerprint density at radius 1 is 1.00 bits per heavy atom. The van der Waals surface area contributed by atoms with E-state index < -0.39 is 0 Å². The molecule has 0 radical (unpaired) electrons. The SMILES string of the molecule is Cc1c(-c2nc(-c3ccc(F)cc3)cs2)nnn1-c1cccc(F)c1. The Balaban J connectivity index is 1.71. The van der Waals surface area contributed by atoms with Crippen molar-refractivity contribution in [3.05, 3.63) is 71.2 Å². The van der Waals surface area contributed by atoms with Crippen molar-refractivity contribution < 1.29 is 8.78 Å². The minimum atomic E-state index is -0.332. The molecule has 4 nitrogen and oxygen atoms in total. The van der Waals surface area contributed by atoms with Gasteiger partial charge in [-0.2, -0.15) is 0 Å². The number of nitrogens with zero attached hydrogens (tertiary/aromatic N) is 4. The maximum atomic E-state index is 13.4. The van der Waals surface area contributed by atoms with E-state index in [1.165, 1.54) is 35.6 Å². The molecule has 0 aliphatic heterocycles. The fraction of sp³-hybridized carbons (Fsp3) is 0.0556. The van der Waals surface area contributed by atoms with Gasteiger partial charge in [0.05, 0.1) is 17.1 Å². The van der Waals surface area contributed by atoms with Crippen molar-refractivity contribution in [2.75, 3.05) is 0 Å². The molecule has 4 aromatic rings. The third kappa shape index (κ3) is 2.94. The van der Waals surface area contributed by atoms with Crippen LogP contribution in [0.15, 0.2) is 53.9 Å². The van der Waals surface area contributed by atoms with Crippen LogP contribution in [0.4, 0.5) is 8.78 Å². The highest BCUT2D eigenvalue weighted by atomic mass is 32.1. The van der Waals surface area contributed by atoms with Crippen LogP contribution in [0.25, 0.3) is 27.6 Å². The Labute approximate surface area is 146 Å².